The van der Waals surface area contributed by atoms with Crippen LogP contribution in [0.3, 0.4) is 0 Å². The molecule has 1 aliphatic rings. The summed E-state index contributed by atoms with van der Waals surface area (Å²) in [6.07, 6.45) is 4.32. The minimum absolute atomic E-state index is 0.539. The van der Waals surface area contributed by atoms with Crippen LogP contribution >= 0.6 is 12.2 Å². The zero-order valence-corrected chi connectivity index (χ0v) is 14.6. The van der Waals surface area contributed by atoms with E-state index in [1.165, 1.54) is 24.0 Å². The summed E-state index contributed by atoms with van der Waals surface area (Å²) in [5.41, 5.74) is 5.29. The van der Waals surface area contributed by atoms with Crippen LogP contribution in [0.25, 0.3) is 0 Å². The lowest BCUT2D eigenvalue weighted by Crippen LogP contribution is -2.21. The van der Waals surface area contributed by atoms with E-state index in [-0.39, 0.29) is 0 Å². The third-order valence-electron chi connectivity index (χ3n) is 4.18. The van der Waals surface area contributed by atoms with Crippen molar-refractivity contribution in [1.29, 1.82) is 5.41 Å². The number of thiocarbonyl (C=S) groups is 1. The van der Waals surface area contributed by atoms with Gasteiger partial charge in [0.25, 0.3) is 0 Å². The molecule has 0 unspecified atom stereocenters. The van der Waals surface area contributed by atoms with Crippen molar-refractivity contribution >= 4 is 22.9 Å². The lowest BCUT2D eigenvalue weighted by Gasteiger charge is -2.15. The summed E-state index contributed by atoms with van der Waals surface area (Å²) in [6.45, 7) is 6.68. The van der Waals surface area contributed by atoms with E-state index in [9.17, 15) is 0 Å². The topological polar surface area (TPSA) is 45.1 Å². The van der Waals surface area contributed by atoms with E-state index in [4.69, 9.17) is 22.4 Å². The van der Waals surface area contributed by atoms with Crippen LogP contribution in [0, 0.1) is 25.2 Å². The van der Waals surface area contributed by atoms with Gasteiger partial charge in [-0.2, -0.15) is 0 Å². The Hall–Kier alpha value is -1.68. The van der Waals surface area contributed by atoms with Gasteiger partial charge in [-0.25, -0.2) is 0 Å². The fourth-order valence-corrected chi connectivity index (χ4v) is 2.86. The molecule has 2 rings (SSSR count). The second kappa shape index (κ2) is 7.05. The van der Waals surface area contributed by atoms with Gasteiger partial charge in [0.05, 0.1) is 12.1 Å². The lowest BCUT2D eigenvalue weighted by molar-refractivity contribution is 0.411. The molecule has 0 atom stereocenters. The molecule has 0 aliphatic heterocycles. The molecule has 2 N–H and O–H groups in total. The molecular weight excluding hydrogens is 292 g/mol. The molecule has 0 heterocycles. The largest absolute Gasteiger partial charge is 0.496 e. The molecule has 4 heteroatoms. The molecule has 3 nitrogen and oxygen atoms in total. The quantitative estimate of drug-likeness (QED) is 0.472. The number of methoxy groups -OCH3 is 1. The molecule has 1 aromatic rings. The van der Waals surface area contributed by atoms with Gasteiger partial charge >= 0.3 is 0 Å². The lowest BCUT2D eigenvalue weighted by atomic mass is 10.0. The second-order valence-corrected chi connectivity index (χ2v) is 6.34. The van der Waals surface area contributed by atoms with Gasteiger partial charge in [0.1, 0.15) is 5.75 Å². The molecule has 22 heavy (non-hydrogen) atoms. The molecule has 0 amide bonds. The Kier molecular flexibility index (Phi) is 5.35. The smallest absolute Gasteiger partial charge is 0.122 e. The van der Waals surface area contributed by atoms with E-state index in [1.807, 2.05) is 19.1 Å². The summed E-state index contributed by atoms with van der Waals surface area (Å²) < 4.78 is 5.38. The summed E-state index contributed by atoms with van der Waals surface area (Å²) in [7, 11) is 1.69. The maximum absolute atomic E-state index is 7.86. The average molecular weight is 316 g/mol. The van der Waals surface area contributed by atoms with Gasteiger partial charge in [-0.3, -0.25) is 0 Å². The summed E-state index contributed by atoms with van der Waals surface area (Å²) in [5, 5.41) is 11.2. The van der Waals surface area contributed by atoms with E-state index in [1.54, 1.807) is 7.11 Å². The van der Waals surface area contributed by atoms with E-state index in [0.717, 1.165) is 16.9 Å². The highest BCUT2D eigenvalue weighted by atomic mass is 32.1. The van der Waals surface area contributed by atoms with Gasteiger partial charge < -0.3 is 15.5 Å². The van der Waals surface area contributed by atoms with Gasteiger partial charge in [0.15, 0.2) is 0 Å². The number of nitrogens with one attached hydrogen (secondary N) is 2. The zero-order chi connectivity index (χ0) is 16.3. The van der Waals surface area contributed by atoms with Crippen LogP contribution < -0.4 is 10.1 Å². The number of benzene rings is 1. The molecule has 0 spiro atoms. The van der Waals surface area contributed by atoms with Crippen molar-refractivity contribution in [3.8, 4) is 5.75 Å². The van der Waals surface area contributed by atoms with Gasteiger partial charge in [-0.15, -0.1) is 0 Å². The minimum Gasteiger partial charge on any atom is -0.496 e. The Balaban J connectivity index is 2.08. The standard InChI is InChI=1S/C18H24N2OS/c1-11-5-8-17(21-4)12(2)16(11)10-20-18(22)9-15(13(3)19)14-6-7-14/h5,8-9,14,19H,6-7,10H2,1-4H3,(H,20,22)/b15-9+,19-13?. The van der Waals surface area contributed by atoms with Crippen LogP contribution in [0.2, 0.25) is 0 Å². The van der Waals surface area contributed by atoms with Gasteiger partial charge in [-0.05, 0) is 73.9 Å². The average Bonchev–Trinajstić information content (AvgIpc) is 3.29. The van der Waals surface area contributed by atoms with Crippen molar-refractivity contribution in [1.82, 2.24) is 5.32 Å². The van der Waals surface area contributed by atoms with Crippen LogP contribution in [0.1, 0.15) is 36.5 Å². The molecular formula is C18H24N2OS. The molecule has 0 radical (unpaired) electrons. The molecule has 1 fully saturated rings. The highest BCUT2D eigenvalue weighted by Crippen LogP contribution is 2.36. The molecule has 0 bridgehead atoms. The van der Waals surface area contributed by atoms with Crippen molar-refractivity contribution in [2.45, 2.75) is 40.2 Å². The van der Waals surface area contributed by atoms with Crippen molar-refractivity contribution in [3.63, 3.8) is 0 Å². The Labute approximate surface area is 138 Å². The summed E-state index contributed by atoms with van der Waals surface area (Å²) in [5.74, 6) is 1.44. The van der Waals surface area contributed by atoms with Gasteiger partial charge in [-0.1, -0.05) is 18.3 Å². The van der Waals surface area contributed by atoms with Gasteiger partial charge in [0.2, 0.25) is 0 Å². The van der Waals surface area contributed by atoms with Gasteiger partial charge in [0, 0.05) is 12.3 Å². The highest BCUT2D eigenvalue weighted by Gasteiger charge is 2.27. The third-order valence-corrected chi connectivity index (χ3v) is 4.44. The SMILES string of the molecule is COc1ccc(C)c(CNC(=S)/C=C(\C(C)=N)C2CC2)c1C. The van der Waals surface area contributed by atoms with Crippen LogP contribution in [0.5, 0.6) is 5.75 Å². The number of ether oxygens (including phenoxy) is 1. The first-order valence-corrected chi connectivity index (χ1v) is 8.03. The van der Waals surface area contributed by atoms with E-state index in [2.05, 4.69) is 25.2 Å². The first-order valence-electron chi connectivity index (χ1n) is 7.62. The second-order valence-electron chi connectivity index (χ2n) is 5.91. The number of aryl methyl sites for hydroxylation is 1. The zero-order valence-electron chi connectivity index (χ0n) is 13.7. The maximum atomic E-state index is 7.86. The molecule has 0 aromatic heterocycles. The highest BCUT2D eigenvalue weighted by molar-refractivity contribution is 7.80. The predicted molar refractivity (Wildman–Crippen MR) is 96.1 cm³/mol. The first-order chi connectivity index (χ1) is 10.4. The normalized spacial score (nSPS) is 14.6. The van der Waals surface area contributed by atoms with E-state index in [0.29, 0.717) is 23.2 Å². The summed E-state index contributed by atoms with van der Waals surface area (Å²) in [6, 6.07) is 4.06. The maximum Gasteiger partial charge on any atom is 0.122 e. The fourth-order valence-electron chi connectivity index (χ4n) is 2.66. The number of hydrogen-bond donors (Lipinski definition) is 2. The minimum atomic E-state index is 0.539. The Morgan fingerprint density at radius 1 is 1.41 bits per heavy atom. The number of hydrogen-bond acceptors (Lipinski definition) is 3. The van der Waals surface area contributed by atoms with Crippen molar-refractivity contribution in [2.24, 2.45) is 5.92 Å². The van der Waals surface area contributed by atoms with E-state index < -0.39 is 0 Å². The van der Waals surface area contributed by atoms with Crippen LogP contribution in [0.15, 0.2) is 23.8 Å². The van der Waals surface area contributed by atoms with Crippen LogP contribution in [-0.4, -0.2) is 17.8 Å². The monoisotopic (exact) mass is 316 g/mol. The Morgan fingerprint density at radius 3 is 2.64 bits per heavy atom. The molecule has 1 aromatic carbocycles. The van der Waals surface area contributed by atoms with Crippen LogP contribution in [-0.2, 0) is 6.54 Å². The predicted octanol–water partition coefficient (Wildman–Crippen LogP) is 4.11. The van der Waals surface area contributed by atoms with E-state index >= 15 is 0 Å². The molecule has 0 saturated heterocycles. The summed E-state index contributed by atoms with van der Waals surface area (Å²) in [4.78, 5) is 0.704. The third kappa shape index (κ3) is 3.95. The molecule has 1 aliphatic carbocycles. The Morgan fingerprint density at radius 2 is 2.09 bits per heavy atom. The van der Waals surface area contributed by atoms with Crippen molar-refractivity contribution < 1.29 is 4.74 Å². The number of rotatable bonds is 6. The Bertz CT molecular complexity index is 630. The fraction of sp³-hybridized carbons (Fsp3) is 0.444. The van der Waals surface area contributed by atoms with Crippen molar-refractivity contribution in [2.75, 3.05) is 7.11 Å². The molecule has 1 saturated carbocycles. The van der Waals surface area contributed by atoms with Crippen molar-refractivity contribution in [3.05, 3.63) is 40.5 Å². The number of allylic oxidation sites excluding steroid dienone is 1. The van der Waals surface area contributed by atoms with Crippen LogP contribution in [0.4, 0.5) is 0 Å². The first kappa shape index (κ1) is 16.7. The summed E-state index contributed by atoms with van der Waals surface area (Å²) >= 11 is 5.43. The molecule has 118 valence electrons.